The molecular weight excluding hydrogens is 705 g/mol. The van der Waals surface area contributed by atoms with Gasteiger partial charge in [-0.1, -0.05) is 0 Å². The smallest absolute Gasteiger partial charge is 0.262 e. The molecule has 2 N–H and O–H groups in total. The molecule has 1 saturated carbocycles. The lowest BCUT2D eigenvalue weighted by atomic mass is 9.90. The summed E-state index contributed by atoms with van der Waals surface area (Å²) in [6.07, 6.45) is 5.77. The summed E-state index contributed by atoms with van der Waals surface area (Å²) in [6, 6.07) is 11.5. The monoisotopic (exact) mass is 744 g/mol. The molecule has 2 saturated heterocycles. The number of carbonyl (C=O) groups is 4. The van der Waals surface area contributed by atoms with Crippen molar-refractivity contribution in [2.75, 3.05) is 57.1 Å². The molecule has 4 amide bonds. The van der Waals surface area contributed by atoms with Gasteiger partial charge in [0.1, 0.15) is 18.4 Å². The van der Waals surface area contributed by atoms with Gasteiger partial charge < -0.3 is 14.8 Å². The van der Waals surface area contributed by atoms with Crippen molar-refractivity contribution in [2.24, 2.45) is 0 Å². The highest BCUT2D eigenvalue weighted by molar-refractivity contribution is 7.89. The van der Waals surface area contributed by atoms with Crippen LogP contribution in [0.4, 0.5) is 5.95 Å². The van der Waals surface area contributed by atoms with Crippen molar-refractivity contribution < 1.29 is 37.1 Å². The molecule has 4 heterocycles. The van der Waals surface area contributed by atoms with Gasteiger partial charge in [0.25, 0.3) is 11.8 Å². The molecular formula is C36H40N8O8S. The molecule has 1 unspecified atom stereocenters. The Bertz CT molecular complexity index is 2070. The number of rotatable bonds is 12. The van der Waals surface area contributed by atoms with E-state index in [1.54, 1.807) is 24.4 Å². The normalized spacial score (nSPS) is 22.8. The topological polar surface area (TPSA) is 204 Å². The summed E-state index contributed by atoms with van der Waals surface area (Å²) in [7, 11) is -3.50. The molecule has 0 bridgehead atoms. The average Bonchev–Trinajstić information content (AvgIpc) is 3.41. The number of hydrogen-bond donors (Lipinski definition) is 2. The zero-order valence-corrected chi connectivity index (χ0v) is 29.8. The van der Waals surface area contributed by atoms with Crippen LogP contribution in [0.2, 0.25) is 0 Å². The average molecular weight is 745 g/mol. The van der Waals surface area contributed by atoms with Crippen LogP contribution in [-0.4, -0.2) is 126 Å². The van der Waals surface area contributed by atoms with Crippen LogP contribution in [0.25, 0.3) is 10.9 Å². The Morgan fingerprint density at radius 3 is 2.43 bits per heavy atom. The first-order valence-corrected chi connectivity index (χ1v) is 19.4. The molecule has 3 fully saturated rings. The van der Waals surface area contributed by atoms with Gasteiger partial charge >= 0.3 is 0 Å². The standard InChI is InChI=1S/C36H40N8O8S/c37-21-23-1-8-30-24(19-23)22-38-36(40-30)39-25-2-4-26(5-3-25)42-11-13-43(14-12-42)53(49,50)18-17-51-15-16-52-27-6-7-28-29(20-27)35(48)44(34(28)47)31-9-10-32(45)41-33(31)46/h1,6-8,19-20,22,25-26,31H,2-5,9-18H2,(H,38,39,40)(H,41,45,46). The van der Waals surface area contributed by atoms with Crippen molar-refractivity contribution in [1.29, 1.82) is 5.26 Å². The molecule has 3 aliphatic heterocycles. The summed E-state index contributed by atoms with van der Waals surface area (Å²) >= 11 is 0. The number of nitrogens with zero attached hydrogens (tertiary/aromatic N) is 6. The molecule has 1 aromatic heterocycles. The molecule has 0 spiro atoms. The highest BCUT2D eigenvalue weighted by Gasteiger charge is 2.44. The van der Waals surface area contributed by atoms with Crippen LogP contribution < -0.4 is 15.4 Å². The van der Waals surface area contributed by atoms with Crippen molar-refractivity contribution in [1.82, 2.24) is 29.4 Å². The van der Waals surface area contributed by atoms with Gasteiger partial charge in [0.05, 0.1) is 47.2 Å². The van der Waals surface area contributed by atoms with Crippen LogP contribution in [0, 0.1) is 11.3 Å². The van der Waals surface area contributed by atoms with Crippen molar-refractivity contribution in [2.45, 2.75) is 56.7 Å². The Labute approximate surface area is 306 Å². The van der Waals surface area contributed by atoms with Gasteiger partial charge in [0.2, 0.25) is 27.8 Å². The summed E-state index contributed by atoms with van der Waals surface area (Å²) in [5, 5.41) is 15.6. The fraction of sp³-hybridized carbons (Fsp3) is 0.472. The number of nitrogens with one attached hydrogen (secondary N) is 2. The number of benzene rings is 2. The van der Waals surface area contributed by atoms with E-state index in [1.165, 1.54) is 16.4 Å². The lowest BCUT2D eigenvalue weighted by Gasteiger charge is -2.41. The minimum absolute atomic E-state index is 0.00282. The third-order valence-corrected chi connectivity index (χ3v) is 12.1. The number of ether oxygens (including phenoxy) is 2. The Hall–Kier alpha value is -5.02. The molecule has 2 aromatic carbocycles. The zero-order valence-electron chi connectivity index (χ0n) is 29.0. The van der Waals surface area contributed by atoms with Crippen molar-refractivity contribution >= 4 is 50.5 Å². The van der Waals surface area contributed by atoms with E-state index in [4.69, 9.17) is 14.7 Å². The Balaban J connectivity index is 0.793. The number of aromatic nitrogens is 2. The number of carbonyl (C=O) groups excluding carboxylic acids is 4. The van der Waals surface area contributed by atoms with Crippen LogP contribution in [0.15, 0.2) is 42.6 Å². The van der Waals surface area contributed by atoms with Crippen molar-refractivity contribution in [3.05, 3.63) is 59.3 Å². The van der Waals surface area contributed by atoms with E-state index in [2.05, 4.69) is 31.6 Å². The molecule has 16 nitrogen and oxygen atoms in total. The maximum atomic E-state index is 13.1. The van der Waals surface area contributed by atoms with Gasteiger partial charge in [0, 0.05) is 56.3 Å². The predicted molar refractivity (Wildman–Crippen MR) is 190 cm³/mol. The second kappa shape index (κ2) is 15.5. The first-order valence-electron chi connectivity index (χ1n) is 17.8. The number of fused-ring (bicyclic) bond motifs is 2. The Morgan fingerprint density at radius 2 is 1.68 bits per heavy atom. The number of piperidine rings is 1. The number of anilines is 1. The second-order valence-electron chi connectivity index (χ2n) is 13.6. The molecule has 1 aliphatic carbocycles. The summed E-state index contributed by atoms with van der Waals surface area (Å²) < 4.78 is 38.9. The fourth-order valence-corrected chi connectivity index (χ4v) is 8.75. The fourth-order valence-electron chi connectivity index (χ4n) is 7.44. The van der Waals surface area contributed by atoms with Crippen molar-refractivity contribution in [3.8, 4) is 11.8 Å². The Morgan fingerprint density at radius 1 is 0.906 bits per heavy atom. The SMILES string of the molecule is N#Cc1ccc2nc(NC3CCC(N4CCN(S(=O)(=O)CCOCCOc5ccc6c(c5)C(=O)N(C5CCC(=O)NC5=O)C6=O)CC4)CC3)ncc2c1. The van der Waals surface area contributed by atoms with E-state index in [1.807, 2.05) is 6.07 Å². The number of sulfonamides is 1. The van der Waals surface area contributed by atoms with Crippen LogP contribution in [0.1, 0.15) is 64.8 Å². The number of nitriles is 1. The predicted octanol–water partition coefficient (Wildman–Crippen LogP) is 1.67. The molecule has 53 heavy (non-hydrogen) atoms. The van der Waals surface area contributed by atoms with Gasteiger partial charge in [-0.15, -0.1) is 0 Å². The molecule has 7 rings (SSSR count). The molecule has 4 aliphatic rings. The van der Waals surface area contributed by atoms with Gasteiger partial charge in [-0.05, 0) is 68.5 Å². The van der Waals surface area contributed by atoms with Gasteiger partial charge in [-0.2, -0.15) is 9.57 Å². The van der Waals surface area contributed by atoms with Gasteiger partial charge in [-0.3, -0.25) is 34.3 Å². The minimum Gasteiger partial charge on any atom is -0.491 e. The zero-order chi connectivity index (χ0) is 37.1. The molecule has 1 atom stereocenters. The van der Waals surface area contributed by atoms with E-state index in [9.17, 15) is 27.6 Å². The van der Waals surface area contributed by atoms with E-state index in [0.29, 0.717) is 49.5 Å². The largest absolute Gasteiger partial charge is 0.491 e. The molecule has 278 valence electrons. The quantitative estimate of drug-likeness (QED) is 0.200. The second-order valence-corrected chi connectivity index (χ2v) is 15.7. The summed E-state index contributed by atoms with van der Waals surface area (Å²) in [5.74, 6) is -1.58. The third kappa shape index (κ3) is 8.00. The number of amides is 4. The first-order chi connectivity index (χ1) is 25.6. The van der Waals surface area contributed by atoms with Crippen LogP contribution in [-0.2, 0) is 24.3 Å². The van der Waals surface area contributed by atoms with Gasteiger partial charge in [-0.25, -0.2) is 18.4 Å². The Kier molecular flexibility index (Phi) is 10.6. The maximum absolute atomic E-state index is 13.1. The minimum atomic E-state index is -3.50. The van der Waals surface area contributed by atoms with E-state index in [-0.39, 0.29) is 55.6 Å². The van der Waals surface area contributed by atoms with E-state index < -0.39 is 39.7 Å². The number of hydrogen-bond acceptors (Lipinski definition) is 13. The van der Waals surface area contributed by atoms with Crippen LogP contribution in [0.3, 0.4) is 0 Å². The van der Waals surface area contributed by atoms with Crippen LogP contribution in [0.5, 0.6) is 5.75 Å². The number of imide groups is 2. The van der Waals surface area contributed by atoms with Crippen LogP contribution >= 0.6 is 0 Å². The lowest BCUT2D eigenvalue weighted by Crippen LogP contribution is -2.54. The number of piperazine rings is 1. The first kappa shape index (κ1) is 36.3. The highest BCUT2D eigenvalue weighted by Crippen LogP contribution is 2.31. The van der Waals surface area contributed by atoms with Crippen molar-refractivity contribution in [3.63, 3.8) is 0 Å². The molecule has 17 heteroatoms. The maximum Gasteiger partial charge on any atom is 0.262 e. The summed E-state index contributed by atoms with van der Waals surface area (Å²) in [4.78, 5) is 62.0. The highest BCUT2D eigenvalue weighted by atomic mass is 32.2. The molecule has 0 radical (unpaired) electrons. The van der Waals surface area contributed by atoms with Gasteiger partial charge in [0.15, 0.2) is 0 Å². The third-order valence-electron chi connectivity index (χ3n) is 10.3. The lowest BCUT2D eigenvalue weighted by molar-refractivity contribution is -0.136. The molecule has 3 aromatic rings. The van der Waals surface area contributed by atoms with E-state index >= 15 is 0 Å². The summed E-state index contributed by atoms with van der Waals surface area (Å²) in [5.41, 5.74) is 1.63. The van der Waals surface area contributed by atoms with E-state index in [0.717, 1.165) is 41.5 Å². The summed E-state index contributed by atoms with van der Waals surface area (Å²) in [6.45, 7) is 2.43.